The number of esters is 1. The second-order valence-electron chi connectivity index (χ2n) is 3.89. The van der Waals surface area contributed by atoms with Gasteiger partial charge in [0.1, 0.15) is 11.3 Å². The molecule has 6 nitrogen and oxygen atoms in total. The lowest BCUT2D eigenvalue weighted by molar-refractivity contribution is 0.0459. The Labute approximate surface area is 116 Å². The lowest BCUT2D eigenvalue weighted by Crippen LogP contribution is -2.12. The summed E-state index contributed by atoms with van der Waals surface area (Å²) < 4.78 is 10.5. The molecule has 0 atom stereocenters. The van der Waals surface area contributed by atoms with Gasteiger partial charge >= 0.3 is 5.97 Å². The second kappa shape index (κ2) is 6.51. The number of hydrogen-bond donors (Lipinski definition) is 1. The molecular formula is C14H15N3O3. The van der Waals surface area contributed by atoms with Crippen molar-refractivity contribution in [3.05, 3.63) is 48.0 Å². The standard InChI is InChI=1S/C14H15N3O3/c1-2-19-11-6-3-5-10(15)13(11)14(18)20-9-12-16-7-4-8-17-12/h3-8H,2,9,15H2,1H3. The minimum atomic E-state index is -0.556. The molecule has 1 aromatic carbocycles. The van der Waals surface area contributed by atoms with Gasteiger partial charge in [0, 0.05) is 18.1 Å². The third kappa shape index (κ3) is 3.23. The molecule has 2 aromatic rings. The molecule has 20 heavy (non-hydrogen) atoms. The van der Waals surface area contributed by atoms with E-state index in [-0.39, 0.29) is 12.2 Å². The van der Waals surface area contributed by atoms with Crippen molar-refractivity contribution in [2.24, 2.45) is 0 Å². The number of benzene rings is 1. The topological polar surface area (TPSA) is 87.3 Å². The van der Waals surface area contributed by atoms with Crippen molar-refractivity contribution in [3.63, 3.8) is 0 Å². The number of aromatic nitrogens is 2. The molecular weight excluding hydrogens is 258 g/mol. The minimum Gasteiger partial charge on any atom is -0.493 e. The first-order valence-electron chi connectivity index (χ1n) is 6.16. The second-order valence-corrected chi connectivity index (χ2v) is 3.89. The molecule has 0 unspecified atom stereocenters. The predicted octanol–water partition coefficient (Wildman–Crippen LogP) is 1.81. The van der Waals surface area contributed by atoms with Gasteiger partial charge in [-0.3, -0.25) is 0 Å². The number of anilines is 1. The van der Waals surface area contributed by atoms with Crippen molar-refractivity contribution in [1.82, 2.24) is 9.97 Å². The predicted molar refractivity (Wildman–Crippen MR) is 73.2 cm³/mol. The van der Waals surface area contributed by atoms with Crippen LogP contribution in [0.3, 0.4) is 0 Å². The van der Waals surface area contributed by atoms with E-state index in [4.69, 9.17) is 15.2 Å². The highest BCUT2D eigenvalue weighted by molar-refractivity contribution is 5.98. The average Bonchev–Trinajstić information content (AvgIpc) is 2.46. The molecule has 0 fully saturated rings. The van der Waals surface area contributed by atoms with Crippen LogP contribution in [0.2, 0.25) is 0 Å². The van der Waals surface area contributed by atoms with Crippen molar-refractivity contribution in [2.75, 3.05) is 12.3 Å². The maximum atomic E-state index is 12.1. The number of nitrogens with two attached hydrogens (primary N) is 1. The summed E-state index contributed by atoms with van der Waals surface area (Å²) in [5.41, 5.74) is 6.35. The van der Waals surface area contributed by atoms with Crippen molar-refractivity contribution in [2.45, 2.75) is 13.5 Å². The summed E-state index contributed by atoms with van der Waals surface area (Å²) in [4.78, 5) is 20.0. The third-order valence-electron chi connectivity index (χ3n) is 2.51. The van der Waals surface area contributed by atoms with Gasteiger partial charge in [0.25, 0.3) is 0 Å². The van der Waals surface area contributed by atoms with E-state index >= 15 is 0 Å². The highest BCUT2D eigenvalue weighted by Gasteiger charge is 2.18. The lowest BCUT2D eigenvalue weighted by Gasteiger charge is -2.11. The van der Waals surface area contributed by atoms with Crippen LogP contribution in [0.4, 0.5) is 5.69 Å². The number of rotatable bonds is 5. The highest BCUT2D eigenvalue weighted by atomic mass is 16.5. The Hall–Kier alpha value is -2.63. The summed E-state index contributed by atoms with van der Waals surface area (Å²) in [5, 5.41) is 0. The van der Waals surface area contributed by atoms with Gasteiger partial charge in [-0.2, -0.15) is 0 Å². The van der Waals surface area contributed by atoms with Crippen LogP contribution < -0.4 is 10.5 Å². The van der Waals surface area contributed by atoms with E-state index in [1.165, 1.54) is 0 Å². The van der Waals surface area contributed by atoms with Gasteiger partial charge < -0.3 is 15.2 Å². The molecule has 2 rings (SSSR count). The summed E-state index contributed by atoms with van der Waals surface area (Å²) in [7, 11) is 0. The van der Waals surface area contributed by atoms with E-state index in [1.807, 2.05) is 6.92 Å². The monoisotopic (exact) mass is 273 g/mol. The largest absolute Gasteiger partial charge is 0.493 e. The molecule has 6 heteroatoms. The minimum absolute atomic E-state index is 0.0143. The molecule has 2 N–H and O–H groups in total. The fraction of sp³-hybridized carbons (Fsp3) is 0.214. The molecule has 0 saturated heterocycles. The van der Waals surface area contributed by atoms with Crippen LogP contribution in [0.15, 0.2) is 36.7 Å². The molecule has 0 amide bonds. The van der Waals surface area contributed by atoms with Crippen LogP contribution in [0.1, 0.15) is 23.1 Å². The Balaban J connectivity index is 2.13. The van der Waals surface area contributed by atoms with Crippen LogP contribution >= 0.6 is 0 Å². The normalized spacial score (nSPS) is 10.1. The third-order valence-corrected chi connectivity index (χ3v) is 2.51. The first-order valence-corrected chi connectivity index (χ1v) is 6.16. The van der Waals surface area contributed by atoms with Crippen LogP contribution in [0.5, 0.6) is 5.75 Å². The van der Waals surface area contributed by atoms with Crippen molar-refractivity contribution in [3.8, 4) is 5.75 Å². The van der Waals surface area contributed by atoms with E-state index in [0.29, 0.717) is 23.9 Å². The number of nitrogens with zero attached hydrogens (tertiary/aromatic N) is 2. The molecule has 0 bridgehead atoms. The number of hydrogen-bond acceptors (Lipinski definition) is 6. The summed E-state index contributed by atoms with van der Waals surface area (Å²) in [6.45, 7) is 2.25. The molecule has 0 saturated carbocycles. The molecule has 0 aliphatic rings. The molecule has 104 valence electrons. The summed E-state index contributed by atoms with van der Waals surface area (Å²) in [6.07, 6.45) is 3.16. The zero-order chi connectivity index (χ0) is 14.4. The van der Waals surface area contributed by atoms with Gasteiger partial charge in [-0.05, 0) is 25.1 Å². The molecule has 0 radical (unpaired) electrons. The molecule has 0 aliphatic heterocycles. The van der Waals surface area contributed by atoms with Crippen molar-refractivity contribution < 1.29 is 14.3 Å². The zero-order valence-corrected chi connectivity index (χ0v) is 11.1. The Morgan fingerprint density at radius 1 is 1.25 bits per heavy atom. The van der Waals surface area contributed by atoms with Crippen molar-refractivity contribution in [1.29, 1.82) is 0 Å². The van der Waals surface area contributed by atoms with E-state index in [0.717, 1.165) is 0 Å². The fourth-order valence-electron chi connectivity index (χ4n) is 1.65. The quantitative estimate of drug-likeness (QED) is 0.660. The van der Waals surface area contributed by atoms with Gasteiger partial charge in [-0.15, -0.1) is 0 Å². The van der Waals surface area contributed by atoms with E-state index < -0.39 is 5.97 Å². The first-order chi connectivity index (χ1) is 9.72. The van der Waals surface area contributed by atoms with Gasteiger partial charge in [0.2, 0.25) is 0 Å². The number of carbonyl (C=O) groups excluding carboxylic acids is 1. The van der Waals surface area contributed by atoms with Crippen LogP contribution in [0.25, 0.3) is 0 Å². The summed E-state index contributed by atoms with van der Waals surface area (Å²) in [5.74, 6) is 0.277. The zero-order valence-electron chi connectivity index (χ0n) is 11.1. The van der Waals surface area contributed by atoms with Gasteiger partial charge in [-0.1, -0.05) is 6.07 Å². The molecule has 0 aliphatic carbocycles. The molecule has 1 heterocycles. The molecule has 1 aromatic heterocycles. The van der Waals surface area contributed by atoms with E-state index in [1.54, 1.807) is 36.7 Å². The SMILES string of the molecule is CCOc1cccc(N)c1C(=O)OCc1ncccn1. The fourth-order valence-corrected chi connectivity index (χ4v) is 1.65. The maximum Gasteiger partial charge on any atom is 0.344 e. The Morgan fingerprint density at radius 2 is 2.00 bits per heavy atom. The van der Waals surface area contributed by atoms with Gasteiger partial charge in [0.15, 0.2) is 12.4 Å². The first kappa shape index (κ1) is 13.8. The number of nitrogen functional groups attached to an aromatic ring is 1. The number of ether oxygens (including phenoxy) is 2. The Bertz CT molecular complexity index is 587. The van der Waals surface area contributed by atoms with Gasteiger partial charge in [0.05, 0.1) is 6.61 Å². The lowest BCUT2D eigenvalue weighted by atomic mass is 10.1. The van der Waals surface area contributed by atoms with Crippen LogP contribution in [-0.4, -0.2) is 22.5 Å². The summed E-state index contributed by atoms with van der Waals surface area (Å²) in [6, 6.07) is 6.71. The highest BCUT2D eigenvalue weighted by Crippen LogP contribution is 2.25. The maximum absolute atomic E-state index is 12.1. The van der Waals surface area contributed by atoms with Gasteiger partial charge in [-0.25, -0.2) is 14.8 Å². The number of carbonyl (C=O) groups is 1. The Kier molecular flexibility index (Phi) is 4.49. The van der Waals surface area contributed by atoms with Crippen LogP contribution in [0, 0.1) is 0 Å². The van der Waals surface area contributed by atoms with E-state index in [2.05, 4.69) is 9.97 Å². The Morgan fingerprint density at radius 3 is 2.70 bits per heavy atom. The summed E-state index contributed by atoms with van der Waals surface area (Å²) >= 11 is 0. The smallest absolute Gasteiger partial charge is 0.344 e. The van der Waals surface area contributed by atoms with Crippen molar-refractivity contribution >= 4 is 11.7 Å². The van der Waals surface area contributed by atoms with Crippen LogP contribution in [-0.2, 0) is 11.3 Å². The molecule has 0 spiro atoms. The average molecular weight is 273 g/mol. The van der Waals surface area contributed by atoms with E-state index in [9.17, 15) is 4.79 Å².